The molecule has 1 amide bonds. The molecule has 1 heterocycles. The molecule has 1 aliphatic heterocycles. The number of rotatable bonds is 1. The van der Waals surface area contributed by atoms with Gasteiger partial charge in [0, 0.05) is 6.42 Å². The van der Waals surface area contributed by atoms with Gasteiger partial charge in [0.15, 0.2) is 0 Å². The molecule has 0 radical (unpaired) electrons. The summed E-state index contributed by atoms with van der Waals surface area (Å²) in [4.78, 5) is 10.9. The molecule has 0 aliphatic carbocycles. The van der Waals surface area contributed by atoms with Crippen LogP contribution in [-0.2, 0) is 4.79 Å². The van der Waals surface area contributed by atoms with Crippen LogP contribution in [0, 0.1) is 0 Å². The molecular formula is C6H11N3O. The lowest BCUT2D eigenvalue weighted by molar-refractivity contribution is -0.132. The van der Waals surface area contributed by atoms with Gasteiger partial charge in [-0.05, 0) is 6.08 Å². The van der Waals surface area contributed by atoms with E-state index in [1.165, 1.54) is 5.01 Å². The van der Waals surface area contributed by atoms with Gasteiger partial charge in [-0.15, -0.1) is 0 Å². The molecule has 0 aromatic heterocycles. The van der Waals surface area contributed by atoms with Gasteiger partial charge in [-0.2, -0.15) is 0 Å². The maximum absolute atomic E-state index is 10.9. The number of hydrogen-bond donors (Lipinski definition) is 2. The molecule has 0 atom stereocenters. The van der Waals surface area contributed by atoms with E-state index in [0.717, 1.165) is 0 Å². The molecule has 3 N–H and O–H groups in total. The number of nitrogens with one attached hydrogen (secondary N) is 1. The summed E-state index contributed by atoms with van der Waals surface area (Å²) in [7, 11) is 0. The average molecular weight is 141 g/mol. The molecule has 0 unspecified atom stereocenters. The minimum absolute atomic E-state index is 0.0664. The number of carbonyl (C=O) groups is 1. The third kappa shape index (κ3) is 1.21. The maximum atomic E-state index is 10.9. The second kappa shape index (κ2) is 2.60. The van der Waals surface area contributed by atoms with Crippen LogP contribution in [0.3, 0.4) is 0 Å². The van der Waals surface area contributed by atoms with E-state index in [1.54, 1.807) is 6.08 Å². The van der Waals surface area contributed by atoms with Crippen molar-refractivity contribution in [3.05, 3.63) is 11.9 Å². The van der Waals surface area contributed by atoms with Crippen LogP contribution in [0.1, 0.15) is 13.3 Å². The minimum Gasteiger partial charge on any atom is -0.384 e. The summed E-state index contributed by atoms with van der Waals surface area (Å²) in [5.74, 6) is 0.624. The van der Waals surface area contributed by atoms with Gasteiger partial charge in [0.1, 0.15) is 5.82 Å². The van der Waals surface area contributed by atoms with E-state index in [9.17, 15) is 4.79 Å². The summed E-state index contributed by atoms with van der Waals surface area (Å²) >= 11 is 0. The van der Waals surface area contributed by atoms with E-state index in [-0.39, 0.29) is 5.91 Å². The number of hydrazine groups is 1. The van der Waals surface area contributed by atoms with Crippen molar-refractivity contribution in [1.29, 1.82) is 0 Å². The van der Waals surface area contributed by atoms with Crippen molar-refractivity contribution in [2.45, 2.75) is 13.3 Å². The summed E-state index contributed by atoms with van der Waals surface area (Å²) in [5, 5.41) is 1.50. The van der Waals surface area contributed by atoms with E-state index in [4.69, 9.17) is 5.73 Å². The van der Waals surface area contributed by atoms with Crippen molar-refractivity contribution in [3.63, 3.8) is 0 Å². The first-order valence-electron chi connectivity index (χ1n) is 3.26. The van der Waals surface area contributed by atoms with Gasteiger partial charge in [0.2, 0.25) is 5.91 Å². The Labute approximate surface area is 59.6 Å². The second-order valence-corrected chi connectivity index (χ2v) is 2.13. The van der Waals surface area contributed by atoms with Crippen molar-refractivity contribution in [3.8, 4) is 0 Å². The van der Waals surface area contributed by atoms with Crippen molar-refractivity contribution < 1.29 is 4.79 Å². The van der Waals surface area contributed by atoms with E-state index in [1.807, 2.05) is 6.92 Å². The number of hydrogen-bond acceptors (Lipinski definition) is 3. The summed E-state index contributed by atoms with van der Waals surface area (Å²) in [5.41, 5.74) is 8.10. The van der Waals surface area contributed by atoms with E-state index >= 15 is 0 Å². The van der Waals surface area contributed by atoms with Crippen LogP contribution < -0.4 is 11.2 Å². The Balaban J connectivity index is 2.42. The summed E-state index contributed by atoms with van der Waals surface area (Å²) < 4.78 is 0. The fraction of sp³-hybridized carbons (Fsp3) is 0.500. The molecule has 0 fully saturated rings. The highest BCUT2D eigenvalue weighted by atomic mass is 16.2. The average Bonchev–Trinajstić information content (AvgIpc) is 2.34. The van der Waals surface area contributed by atoms with E-state index in [2.05, 4.69) is 5.43 Å². The molecule has 0 saturated heterocycles. The fourth-order valence-electron chi connectivity index (χ4n) is 0.792. The quantitative estimate of drug-likeness (QED) is 0.519. The predicted molar refractivity (Wildman–Crippen MR) is 37.4 cm³/mol. The molecule has 1 rings (SSSR count). The SMILES string of the molecule is CCC(=O)N1CC=C(N)N1. The Bertz CT molecular complexity index is 176. The molecule has 1 aliphatic rings. The zero-order valence-electron chi connectivity index (χ0n) is 5.92. The highest BCUT2D eigenvalue weighted by molar-refractivity contribution is 5.76. The van der Waals surface area contributed by atoms with E-state index < -0.39 is 0 Å². The van der Waals surface area contributed by atoms with Crippen LogP contribution in [0.5, 0.6) is 0 Å². The Morgan fingerprint density at radius 2 is 2.70 bits per heavy atom. The first kappa shape index (κ1) is 6.92. The molecular weight excluding hydrogens is 130 g/mol. The first-order chi connectivity index (χ1) is 4.74. The van der Waals surface area contributed by atoms with Crippen LogP contribution in [0.15, 0.2) is 11.9 Å². The van der Waals surface area contributed by atoms with Crippen molar-refractivity contribution in [2.24, 2.45) is 5.73 Å². The summed E-state index contributed by atoms with van der Waals surface area (Å²) in [6, 6.07) is 0. The van der Waals surface area contributed by atoms with Gasteiger partial charge in [-0.25, -0.2) is 0 Å². The van der Waals surface area contributed by atoms with Gasteiger partial charge < -0.3 is 5.73 Å². The number of carbonyl (C=O) groups excluding carboxylic acids is 1. The molecule has 0 bridgehead atoms. The van der Waals surface area contributed by atoms with E-state index in [0.29, 0.717) is 18.8 Å². The van der Waals surface area contributed by atoms with Crippen LogP contribution in [0.2, 0.25) is 0 Å². The maximum Gasteiger partial charge on any atom is 0.240 e. The normalized spacial score (nSPS) is 16.5. The first-order valence-corrected chi connectivity index (χ1v) is 3.26. The molecule has 4 nitrogen and oxygen atoms in total. The summed E-state index contributed by atoms with van der Waals surface area (Å²) in [6.45, 7) is 2.40. The Kier molecular flexibility index (Phi) is 1.80. The lowest BCUT2D eigenvalue weighted by Gasteiger charge is -2.15. The van der Waals surface area contributed by atoms with Gasteiger partial charge in [0.05, 0.1) is 6.54 Å². The van der Waals surface area contributed by atoms with Gasteiger partial charge in [-0.3, -0.25) is 15.2 Å². The molecule has 0 aromatic rings. The van der Waals surface area contributed by atoms with Gasteiger partial charge in [0.25, 0.3) is 0 Å². The Morgan fingerprint density at radius 1 is 2.00 bits per heavy atom. The van der Waals surface area contributed by atoms with Crippen molar-refractivity contribution in [1.82, 2.24) is 10.4 Å². The largest absolute Gasteiger partial charge is 0.384 e. The topological polar surface area (TPSA) is 58.4 Å². The molecule has 0 spiro atoms. The number of nitrogens with two attached hydrogens (primary N) is 1. The number of amides is 1. The van der Waals surface area contributed by atoms with Gasteiger partial charge in [-0.1, -0.05) is 6.92 Å². The highest BCUT2D eigenvalue weighted by Crippen LogP contribution is 1.98. The van der Waals surface area contributed by atoms with Crippen molar-refractivity contribution in [2.75, 3.05) is 6.54 Å². The lowest BCUT2D eigenvalue weighted by atomic mass is 10.4. The minimum atomic E-state index is 0.0664. The number of nitrogens with zero attached hydrogens (tertiary/aromatic N) is 1. The standard InChI is InChI=1S/C6H11N3O/c1-2-6(10)9-4-3-5(7)8-9/h3,8H,2,4,7H2,1H3. The Morgan fingerprint density at radius 3 is 3.10 bits per heavy atom. The van der Waals surface area contributed by atoms with Gasteiger partial charge >= 0.3 is 0 Å². The smallest absolute Gasteiger partial charge is 0.240 e. The molecule has 10 heavy (non-hydrogen) atoms. The van der Waals surface area contributed by atoms with Crippen LogP contribution >= 0.6 is 0 Å². The fourth-order valence-corrected chi connectivity index (χ4v) is 0.792. The van der Waals surface area contributed by atoms with Crippen LogP contribution in [0.25, 0.3) is 0 Å². The Hall–Kier alpha value is -1.19. The van der Waals surface area contributed by atoms with Crippen molar-refractivity contribution >= 4 is 5.91 Å². The molecule has 0 aromatic carbocycles. The zero-order valence-corrected chi connectivity index (χ0v) is 5.92. The summed E-state index contributed by atoms with van der Waals surface area (Å²) in [6.07, 6.45) is 2.28. The van der Waals surface area contributed by atoms with Crippen LogP contribution in [-0.4, -0.2) is 17.5 Å². The molecule has 4 heteroatoms. The monoisotopic (exact) mass is 141 g/mol. The molecule has 56 valence electrons. The predicted octanol–water partition coefficient (Wildman–Crippen LogP) is -0.457. The third-order valence-electron chi connectivity index (χ3n) is 1.36. The highest BCUT2D eigenvalue weighted by Gasteiger charge is 2.14. The van der Waals surface area contributed by atoms with Crippen LogP contribution in [0.4, 0.5) is 0 Å². The second-order valence-electron chi connectivity index (χ2n) is 2.13. The molecule has 0 saturated carbocycles. The third-order valence-corrected chi connectivity index (χ3v) is 1.36. The zero-order chi connectivity index (χ0) is 7.56. The lowest BCUT2D eigenvalue weighted by Crippen LogP contribution is -2.38.